The van der Waals surface area contributed by atoms with Crippen LogP contribution in [0.4, 0.5) is 0 Å². The second-order valence-corrected chi connectivity index (χ2v) is 4.55. The maximum atomic E-state index is 11.0. The van der Waals surface area contributed by atoms with E-state index in [0.717, 1.165) is 11.8 Å². The van der Waals surface area contributed by atoms with E-state index in [0.29, 0.717) is 5.69 Å². The molecule has 0 aliphatic carbocycles. The largest absolute Gasteiger partial charge is 0.296 e. The van der Waals surface area contributed by atoms with Crippen LogP contribution in [0.25, 0.3) is 0 Å². The summed E-state index contributed by atoms with van der Waals surface area (Å²) in [6.45, 7) is 4.21. The van der Waals surface area contributed by atoms with E-state index >= 15 is 0 Å². The van der Waals surface area contributed by atoms with Gasteiger partial charge in [0.2, 0.25) is 0 Å². The number of carbonyl (C=O) groups excluding carboxylic acids is 1. The number of hydrogen-bond acceptors (Lipinski definition) is 2. The number of nitrogens with zero attached hydrogens (tertiary/aromatic N) is 1. The normalized spacial score (nSPS) is 11.2. The van der Waals surface area contributed by atoms with Gasteiger partial charge in [0.25, 0.3) is 0 Å². The van der Waals surface area contributed by atoms with Gasteiger partial charge in [-0.05, 0) is 17.2 Å². The molecular formula is C15H15NO. The van der Waals surface area contributed by atoms with Gasteiger partial charge >= 0.3 is 0 Å². The lowest BCUT2D eigenvalue weighted by Crippen LogP contribution is -2.21. The van der Waals surface area contributed by atoms with E-state index in [1.165, 1.54) is 5.56 Å². The molecule has 86 valence electrons. The maximum absolute atomic E-state index is 11.0. The Kier molecular flexibility index (Phi) is 3.05. The summed E-state index contributed by atoms with van der Waals surface area (Å²) in [4.78, 5) is 15.2. The Morgan fingerprint density at radius 1 is 1.06 bits per heavy atom. The Morgan fingerprint density at radius 2 is 1.76 bits per heavy atom. The Morgan fingerprint density at radius 3 is 2.41 bits per heavy atom. The van der Waals surface area contributed by atoms with Gasteiger partial charge in [0.05, 0.1) is 0 Å². The third-order valence-electron chi connectivity index (χ3n) is 3.12. The minimum atomic E-state index is -0.217. The molecule has 0 aliphatic rings. The predicted molar refractivity (Wildman–Crippen MR) is 68.2 cm³/mol. The summed E-state index contributed by atoms with van der Waals surface area (Å²) in [6.07, 6.45) is 2.47. The van der Waals surface area contributed by atoms with Crippen LogP contribution in [0.2, 0.25) is 0 Å². The van der Waals surface area contributed by atoms with Crippen LogP contribution in [-0.4, -0.2) is 11.3 Å². The zero-order chi connectivity index (χ0) is 12.3. The summed E-state index contributed by atoms with van der Waals surface area (Å²) >= 11 is 0. The highest BCUT2D eigenvalue weighted by atomic mass is 16.1. The number of benzene rings is 1. The molecule has 2 nitrogen and oxygen atoms in total. The minimum absolute atomic E-state index is 0.217. The highest BCUT2D eigenvalue weighted by molar-refractivity contribution is 5.75. The molecule has 2 heteroatoms. The number of aldehydes is 1. The Labute approximate surface area is 101 Å². The predicted octanol–water partition coefficient (Wildman–Crippen LogP) is 3.22. The van der Waals surface area contributed by atoms with E-state index < -0.39 is 0 Å². The molecule has 0 saturated carbocycles. The molecule has 1 heterocycles. The number of pyridine rings is 1. The van der Waals surface area contributed by atoms with Crippen LogP contribution in [0, 0.1) is 0 Å². The fourth-order valence-electron chi connectivity index (χ4n) is 2.05. The van der Waals surface area contributed by atoms with Gasteiger partial charge in [-0.15, -0.1) is 0 Å². The fraction of sp³-hybridized carbons (Fsp3) is 0.200. The first-order valence-corrected chi connectivity index (χ1v) is 5.62. The maximum Gasteiger partial charge on any atom is 0.168 e. The standard InChI is InChI=1S/C15H15NO/c1-15(2,12-7-4-3-5-8-12)13-9-6-10-16-14(13)11-17/h3-11H,1-2H3. The van der Waals surface area contributed by atoms with Crippen molar-refractivity contribution < 1.29 is 4.79 Å². The Bertz CT molecular complexity index is 517. The quantitative estimate of drug-likeness (QED) is 0.751. The zero-order valence-corrected chi connectivity index (χ0v) is 10.1. The molecule has 0 fully saturated rings. The van der Waals surface area contributed by atoms with E-state index in [9.17, 15) is 4.79 Å². The number of rotatable bonds is 3. The van der Waals surface area contributed by atoms with E-state index in [1.807, 2.05) is 30.3 Å². The van der Waals surface area contributed by atoms with E-state index in [-0.39, 0.29) is 5.41 Å². The van der Waals surface area contributed by atoms with Crippen LogP contribution in [-0.2, 0) is 5.41 Å². The molecule has 0 saturated heterocycles. The minimum Gasteiger partial charge on any atom is -0.296 e. The van der Waals surface area contributed by atoms with Gasteiger partial charge in [0.15, 0.2) is 6.29 Å². The molecule has 0 atom stereocenters. The molecule has 0 spiro atoms. The summed E-state index contributed by atoms with van der Waals surface area (Å²) < 4.78 is 0. The van der Waals surface area contributed by atoms with Crippen LogP contribution in [0.15, 0.2) is 48.7 Å². The smallest absolute Gasteiger partial charge is 0.168 e. The molecule has 0 radical (unpaired) electrons. The van der Waals surface area contributed by atoms with Crippen LogP contribution in [0.3, 0.4) is 0 Å². The van der Waals surface area contributed by atoms with E-state index in [2.05, 4.69) is 31.0 Å². The lowest BCUT2D eigenvalue weighted by Gasteiger charge is -2.26. The Balaban J connectivity index is 2.55. The van der Waals surface area contributed by atoms with Gasteiger partial charge in [-0.3, -0.25) is 9.78 Å². The van der Waals surface area contributed by atoms with Crippen molar-refractivity contribution in [3.63, 3.8) is 0 Å². The molecule has 0 N–H and O–H groups in total. The summed E-state index contributed by atoms with van der Waals surface area (Å²) in [5.41, 5.74) is 2.44. The zero-order valence-electron chi connectivity index (χ0n) is 10.1. The van der Waals surface area contributed by atoms with Crippen molar-refractivity contribution in [3.05, 3.63) is 65.5 Å². The third-order valence-corrected chi connectivity index (χ3v) is 3.12. The third kappa shape index (κ3) is 2.11. The first-order chi connectivity index (χ1) is 8.16. The summed E-state index contributed by atoms with van der Waals surface area (Å²) in [5.74, 6) is 0. The molecule has 2 rings (SSSR count). The summed E-state index contributed by atoms with van der Waals surface area (Å²) in [6, 6.07) is 14.0. The first-order valence-electron chi connectivity index (χ1n) is 5.62. The summed E-state index contributed by atoms with van der Waals surface area (Å²) in [5, 5.41) is 0. The van der Waals surface area contributed by atoms with Crippen LogP contribution < -0.4 is 0 Å². The van der Waals surface area contributed by atoms with Crippen LogP contribution >= 0.6 is 0 Å². The first kappa shape index (κ1) is 11.5. The van der Waals surface area contributed by atoms with Gasteiger partial charge in [-0.1, -0.05) is 50.2 Å². The van der Waals surface area contributed by atoms with Crippen molar-refractivity contribution in [2.45, 2.75) is 19.3 Å². The van der Waals surface area contributed by atoms with E-state index in [4.69, 9.17) is 0 Å². The average molecular weight is 225 g/mol. The van der Waals surface area contributed by atoms with Crippen molar-refractivity contribution in [3.8, 4) is 0 Å². The molecule has 0 amide bonds. The Hall–Kier alpha value is -1.96. The molecule has 17 heavy (non-hydrogen) atoms. The van der Waals surface area contributed by atoms with Crippen LogP contribution in [0.5, 0.6) is 0 Å². The van der Waals surface area contributed by atoms with Crippen molar-refractivity contribution in [1.82, 2.24) is 4.98 Å². The lowest BCUT2D eigenvalue weighted by molar-refractivity contribution is 0.111. The van der Waals surface area contributed by atoms with Gasteiger partial charge < -0.3 is 0 Å². The molecule has 0 bridgehead atoms. The van der Waals surface area contributed by atoms with Gasteiger partial charge in [0, 0.05) is 11.6 Å². The number of carbonyl (C=O) groups is 1. The molecular weight excluding hydrogens is 210 g/mol. The second-order valence-electron chi connectivity index (χ2n) is 4.55. The highest BCUT2D eigenvalue weighted by Gasteiger charge is 2.25. The SMILES string of the molecule is CC(C)(c1ccccc1)c1cccnc1C=O. The van der Waals surface area contributed by atoms with Crippen molar-refractivity contribution in [2.75, 3.05) is 0 Å². The number of hydrogen-bond donors (Lipinski definition) is 0. The lowest BCUT2D eigenvalue weighted by atomic mass is 9.77. The second kappa shape index (κ2) is 4.50. The van der Waals surface area contributed by atoms with Crippen molar-refractivity contribution >= 4 is 6.29 Å². The average Bonchev–Trinajstić information content (AvgIpc) is 2.39. The fourth-order valence-corrected chi connectivity index (χ4v) is 2.05. The molecule has 0 aliphatic heterocycles. The van der Waals surface area contributed by atoms with Gasteiger partial charge in [-0.2, -0.15) is 0 Å². The van der Waals surface area contributed by atoms with Crippen molar-refractivity contribution in [1.29, 1.82) is 0 Å². The molecule has 2 aromatic rings. The van der Waals surface area contributed by atoms with Crippen molar-refractivity contribution in [2.24, 2.45) is 0 Å². The highest BCUT2D eigenvalue weighted by Crippen LogP contribution is 2.32. The number of aromatic nitrogens is 1. The van der Waals surface area contributed by atoms with Crippen LogP contribution in [0.1, 0.15) is 35.5 Å². The van der Waals surface area contributed by atoms with Gasteiger partial charge in [0.1, 0.15) is 5.69 Å². The molecule has 1 aromatic heterocycles. The van der Waals surface area contributed by atoms with E-state index in [1.54, 1.807) is 6.20 Å². The molecule has 0 unspecified atom stereocenters. The summed E-state index contributed by atoms with van der Waals surface area (Å²) in [7, 11) is 0. The molecule has 1 aromatic carbocycles. The topological polar surface area (TPSA) is 30.0 Å². The van der Waals surface area contributed by atoms with Gasteiger partial charge in [-0.25, -0.2) is 0 Å². The monoisotopic (exact) mass is 225 g/mol.